The molecule has 0 radical (unpaired) electrons. The molecule has 1 saturated heterocycles. The summed E-state index contributed by atoms with van der Waals surface area (Å²) in [5, 5.41) is 0.429. The predicted octanol–water partition coefficient (Wildman–Crippen LogP) is 4.79. The predicted molar refractivity (Wildman–Crippen MR) is 178 cm³/mol. The van der Waals surface area contributed by atoms with E-state index in [1.165, 1.54) is 13.0 Å². The minimum Gasteiger partial charge on any atom is -0.484 e. The van der Waals surface area contributed by atoms with Crippen molar-refractivity contribution in [1.82, 2.24) is 0 Å². The molecule has 0 spiro atoms. The van der Waals surface area contributed by atoms with Gasteiger partial charge in [-0.25, -0.2) is 4.79 Å². The van der Waals surface area contributed by atoms with Gasteiger partial charge < -0.3 is 42.3 Å². The van der Waals surface area contributed by atoms with Crippen LogP contribution in [-0.4, -0.2) is 67.3 Å². The molecule has 51 heavy (non-hydrogen) atoms. The second-order valence-electron chi connectivity index (χ2n) is 12.7. The molecule has 1 saturated carbocycles. The van der Waals surface area contributed by atoms with Gasteiger partial charge in [-0.3, -0.25) is 19.2 Å². The molecule has 5 atom stereocenters. The fourth-order valence-electron chi connectivity index (χ4n) is 6.12. The third-order valence-electron chi connectivity index (χ3n) is 8.47. The molecule has 0 amide bonds. The molecule has 14 nitrogen and oxygen atoms in total. The lowest BCUT2D eigenvalue weighted by atomic mass is 9.89. The van der Waals surface area contributed by atoms with E-state index in [2.05, 4.69) is 6.92 Å². The maximum absolute atomic E-state index is 13.5. The second kappa shape index (κ2) is 16.7. The molecule has 0 unspecified atom stereocenters. The van der Waals surface area contributed by atoms with Gasteiger partial charge in [0.05, 0.1) is 11.5 Å². The van der Waals surface area contributed by atoms with Crippen LogP contribution in [0.3, 0.4) is 0 Å². The highest BCUT2D eigenvalue weighted by atomic mass is 16.7. The lowest BCUT2D eigenvalue weighted by molar-refractivity contribution is -0.288. The molecule has 2 fully saturated rings. The second-order valence-corrected chi connectivity index (χ2v) is 12.7. The van der Waals surface area contributed by atoms with Crippen LogP contribution in [0.15, 0.2) is 57.7 Å². The number of carbonyl (C=O) groups is 4. The molecular formula is C37H42O14. The summed E-state index contributed by atoms with van der Waals surface area (Å²) in [5.41, 5.74) is 0.226. The van der Waals surface area contributed by atoms with Crippen molar-refractivity contribution in [2.24, 2.45) is 5.92 Å². The van der Waals surface area contributed by atoms with E-state index in [0.29, 0.717) is 11.3 Å². The van der Waals surface area contributed by atoms with Crippen molar-refractivity contribution in [1.29, 1.82) is 0 Å². The van der Waals surface area contributed by atoms with Gasteiger partial charge in [-0.1, -0.05) is 37.3 Å². The van der Waals surface area contributed by atoms with E-state index >= 15 is 0 Å². The molecule has 2 aromatic carbocycles. The lowest BCUT2D eigenvalue weighted by Crippen LogP contribution is -2.63. The first-order chi connectivity index (χ1) is 24.4. The number of rotatable bonds is 12. The van der Waals surface area contributed by atoms with E-state index < -0.39 is 66.8 Å². The van der Waals surface area contributed by atoms with Crippen LogP contribution in [0.5, 0.6) is 17.2 Å². The number of ether oxygens (including phenoxy) is 8. The van der Waals surface area contributed by atoms with E-state index in [1.807, 2.05) is 30.3 Å². The molecule has 0 N–H and O–H groups in total. The number of hydrogen-bond donors (Lipinski definition) is 0. The standard InChI is InChI=1S/C37H42O14/c1-20-11-13-26(14-12-20)48-34-31(44-18-25-9-7-6-8-10-25)28-16-15-27(17-29(28)50-36(34)42)49-37-35(47-24(5)41)33(46-23(4)40)32(45-22(3)39)30(51-37)19-43-21(2)38/h6-10,15-17,20,26,30,32-33,35,37H,11-14,18-19H2,1-5H3/t20?,26?,30-,32-,33+,35-,37-/m1/s1. The zero-order valence-corrected chi connectivity index (χ0v) is 29.1. The minimum atomic E-state index is -1.49. The number of esters is 4. The Labute approximate surface area is 294 Å². The quantitative estimate of drug-likeness (QED) is 0.143. The van der Waals surface area contributed by atoms with Crippen molar-refractivity contribution in [2.75, 3.05) is 6.61 Å². The van der Waals surface area contributed by atoms with Gasteiger partial charge in [0.15, 0.2) is 18.0 Å². The highest BCUT2D eigenvalue weighted by Gasteiger charge is 2.53. The molecule has 274 valence electrons. The van der Waals surface area contributed by atoms with Crippen LogP contribution in [0.25, 0.3) is 11.0 Å². The summed E-state index contributed by atoms with van der Waals surface area (Å²) >= 11 is 0. The van der Waals surface area contributed by atoms with E-state index in [-0.39, 0.29) is 35.5 Å². The van der Waals surface area contributed by atoms with Crippen LogP contribution in [0.2, 0.25) is 0 Å². The number of benzene rings is 2. The first-order valence-corrected chi connectivity index (χ1v) is 16.8. The zero-order chi connectivity index (χ0) is 36.7. The Morgan fingerprint density at radius 2 is 1.39 bits per heavy atom. The fraction of sp³-hybridized carbons (Fsp3) is 0.486. The minimum absolute atomic E-state index is 0.0220. The molecular weight excluding hydrogens is 668 g/mol. The summed E-state index contributed by atoms with van der Waals surface area (Å²) in [7, 11) is 0. The monoisotopic (exact) mass is 710 g/mol. The molecule has 5 rings (SSSR count). The number of hydrogen-bond acceptors (Lipinski definition) is 14. The highest BCUT2D eigenvalue weighted by Crippen LogP contribution is 2.38. The van der Waals surface area contributed by atoms with Crippen LogP contribution in [0.4, 0.5) is 0 Å². The Bertz CT molecular complexity index is 1760. The van der Waals surface area contributed by atoms with Crippen LogP contribution < -0.4 is 19.8 Å². The molecule has 1 aromatic heterocycles. The Hall–Kier alpha value is -5.11. The average molecular weight is 711 g/mol. The molecule has 1 aliphatic carbocycles. The lowest BCUT2D eigenvalue weighted by Gasteiger charge is -2.43. The van der Waals surface area contributed by atoms with Gasteiger partial charge >= 0.3 is 29.5 Å². The molecule has 2 heterocycles. The smallest absolute Gasteiger partial charge is 0.383 e. The van der Waals surface area contributed by atoms with Crippen LogP contribution in [0.1, 0.15) is 65.9 Å². The van der Waals surface area contributed by atoms with Crippen molar-refractivity contribution >= 4 is 34.8 Å². The summed E-state index contributed by atoms with van der Waals surface area (Å²) in [6, 6.07) is 14.1. The fourth-order valence-corrected chi connectivity index (χ4v) is 6.12. The normalized spacial score (nSPS) is 24.5. The summed E-state index contributed by atoms with van der Waals surface area (Å²) in [6.45, 7) is 6.48. The van der Waals surface area contributed by atoms with Crippen molar-refractivity contribution in [3.05, 3.63) is 64.5 Å². The summed E-state index contributed by atoms with van der Waals surface area (Å²) in [4.78, 5) is 61.7. The van der Waals surface area contributed by atoms with Gasteiger partial charge in [-0.2, -0.15) is 0 Å². The topological polar surface area (TPSA) is 172 Å². The van der Waals surface area contributed by atoms with Crippen LogP contribution >= 0.6 is 0 Å². The van der Waals surface area contributed by atoms with Gasteiger partial charge in [0.1, 0.15) is 30.7 Å². The average Bonchev–Trinajstić information content (AvgIpc) is 3.07. The SMILES string of the molecule is CC(=O)OC[C@H]1O[C@@H](Oc2ccc3c(OCc4ccccc4)c(OC4CCC(C)CC4)c(=O)oc3c2)[C@H](OC(C)=O)[C@@H](OC(C)=O)[C@@H]1OC(C)=O. The van der Waals surface area contributed by atoms with E-state index in [0.717, 1.165) is 52.0 Å². The summed E-state index contributed by atoms with van der Waals surface area (Å²) < 4.78 is 52.0. The van der Waals surface area contributed by atoms with Crippen LogP contribution in [-0.2, 0) is 49.5 Å². The first kappa shape index (κ1) is 37.2. The van der Waals surface area contributed by atoms with Gasteiger partial charge in [0.25, 0.3) is 0 Å². The Kier molecular flexibility index (Phi) is 12.2. The van der Waals surface area contributed by atoms with Crippen molar-refractivity contribution in [3.8, 4) is 17.2 Å². The number of fused-ring (bicyclic) bond motifs is 1. The Morgan fingerprint density at radius 1 is 0.745 bits per heavy atom. The van der Waals surface area contributed by atoms with Crippen molar-refractivity contribution in [2.45, 2.75) is 104 Å². The molecule has 2 aliphatic rings. The maximum atomic E-state index is 13.5. The van der Waals surface area contributed by atoms with E-state index in [1.54, 1.807) is 12.1 Å². The van der Waals surface area contributed by atoms with Gasteiger partial charge in [0, 0.05) is 33.8 Å². The molecule has 1 aliphatic heterocycles. The third kappa shape index (κ3) is 9.78. The molecule has 0 bridgehead atoms. The summed E-state index contributed by atoms with van der Waals surface area (Å²) in [6.07, 6.45) is -3.56. The van der Waals surface area contributed by atoms with Crippen molar-refractivity contribution < 1.29 is 61.5 Å². The van der Waals surface area contributed by atoms with Crippen molar-refractivity contribution in [3.63, 3.8) is 0 Å². The third-order valence-corrected chi connectivity index (χ3v) is 8.47. The first-order valence-electron chi connectivity index (χ1n) is 16.8. The summed E-state index contributed by atoms with van der Waals surface area (Å²) in [5.74, 6) is -2.11. The van der Waals surface area contributed by atoms with Gasteiger partial charge in [0.2, 0.25) is 18.1 Å². The maximum Gasteiger partial charge on any atom is 0.383 e. The Morgan fingerprint density at radius 3 is 2.04 bits per heavy atom. The van der Waals surface area contributed by atoms with E-state index in [9.17, 15) is 24.0 Å². The highest BCUT2D eigenvalue weighted by molar-refractivity contribution is 5.86. The zero-order valence-electron chi connectivity index (χ0n) is 29.1. The van der Waals surface area contributed by atoms with Gasteiger partial charge in [-0.15, -0.1) is 0 Å². The van der Waals surface area contributed by atoms with E-state index in [4.69, 9.17) is 42.3 Å². The number of carbonyl (C=O) groups excluding carboxylic acids is 4. The van der Waals surface area contributed by atoms with Gasteiger partial charge in [-0.05, 0) is 49.3 Å². The molecule has 3 aromatic rings. The largest absolute Gasteiger partial charge is 0.484 e. The molecule has 14 heteroatoms. The van der Waals surface area contributed by atoms with Crippen LogP contribution in [0, 0.1) is 5.92 Å². The Balaban J connectivity index is 1.51.